The van der Waals surface area contributed by atoms with Crippen LogP contribution in [0.3, 0.4) is 0 Å². The summed E-state index contributed by atoms with van der Waals surface area (Å²) in [5.74, 6) is 6.54. The van der Waals surface area contributed by atoms with E-state index in [2.05, 4.69) is 9.82 Å². The van der Waals surface area contributed by atoms with Crippen LogP contribution in [0.2, 0.25) is 0 Å². The molecule has 3 rings (SSSR count). The Morgan fingerprint density at radius 2 is 2.24 bits per heavy atom. The van der Waals surface area contributed by atoms with Crippen molar-refractivity contribution in [2.24, 2.45) is 5.90 Å². The second kappa shape index (κ2) is 4.33. The zero-order valence-corrected chi connectivity index (χ0v) is 9.70. The smallest absolute Gasteiger partial charge is 0.231 e. The van der Waals surface area contributed by atoms with Gasteiger partial charge in [0.15, 0.2) is 11.5 Å². The molecule has 2 aromatic rings. The molecule has 0 amide bonds. The highest BCUT2D eigenvalue weighted by atomic mass is 32.1. The van der Waals surface area contributed by atoms with Crippen LogP contribution in [0, 0.1) is 0 Å². The summed E-state index contributed by atoms with van der Waals surface area (Å²) in [7, 11) is 0. The molecule has 0 unspecified atom stereocenters. The van der Waals surface area contributed by atoms with Crippen LogP contribution in [0.25, 0.3) is 10.6 Å². The van der Waals surface area contributed by atoms with Gasteiger partial charge in [-0.15, -0.1) is 11.3 Å². The third-order valence-electron chi connectivity index (χ3n) is 2.40. The van der Waals surface area contributed by atoms with Crippen LogP contribution in [0.1, 0.15) is 5.69 Å². The van der Waals surface area contributed by atoms with Crippen LogP contribution < -0.4 is 15.4 Å². The van der Waals surface area contributed by atoms with E-state index in [1.165, 1.54) is 0 Å². The largest absolute Gasteiger partial charge is 0.454 e. The Kier molecular flexibility index (Phi) is 2.68. The SMILES string of the molecule is NOCc1csc(-c2ccc3c(c2)OCO3)n1. The van der Waals surface area contributed by atoms with Gasteiger partial charge in [-0.2, -0.15) is 0 Å². The summed E-state index contributed by atoms with van der Waals surface area (Å²) in [6.07, 6.45) is 0. The number of hydrogen-bond acceptors (Lipinski definition) is 6. The maximum atomic E-state index is 5.32. The number of hydrogen-bond donors (Lipinski definition) is 1. The lowest BCUT2D eigenvalue weighted by Crippen LogP contribution is -1.98. The molecule has 17 heavy (non-hydrogen) atoms. The highest BCUT2D eigenvalue weighted by Crippen LogP contribution is 2.36. The first-order valence-corrected chi connectivity index (χ1v) is 5.91. The predicted molar refractivity (Wildman–Crippen MR) is 62.6 cm³/mol. The van der Waals surface area contributed by atoms with Gasteiger partial charge in [0.1, 0.15) is 11.6 Å². The van der Waals surface area contributed by atoms with Gasteiger partial charge in [-0.05, 0) is 18.2 Å². The zero-order chi connectivity index (χ0) is 11.7. The molecule has 1 aromatic heterocycles. The summed E-state index contributed by atoms with van der Waals surface area (Å²) in [4.78, 5) is 8.96. The van der Waals surface area contributed by atoms with Crippen molar-refractivity contribution in [3.8, 4) is 22.1 Å². The quantitative estimate of drug-likeness (QED) is 0.843. The van der Waals surface area contributed by atoms with E-state index in [4.69, 9.17) is 15.4 Å². The molecule has 88 valence electrons. The molecule has 0 spiro atoms. The minimum Gasteiger partial charge on any atom is -0.454 e. The third kappa shape index (κ3) is 1.97. The summed E-state index contributed by atoms with van der Waals surface area (Å²) < 4.78 is 10.6. The Bertz CT molecular complexity index is 541. The average Bonchev–Trinajstić information content (AvgIpc) is 2.96. The first-order valence-electron chi connectivity index (χ1n) is 5.03. The molecule has 1 aliphatic rings. The fraction of sp³-hybridized carbons (Fsp3) is 0.182. The van der Waals surface area contributed by atoms with Gasteiger partial charge in [-0.3, -0.25) is 4.84 Å². The number of rotatable bonds is 3. The Morgan fingerprint density at radius 3 is 3.12 bits per heavy atom. The second-order valence-corrected chi connectivity index (χ2v) is 4.38. The monoisotopic (exact) mass is 250 g/mol. The van der Waals surface area contributed by atoms with Crippen molar-refractivity contribution in [1.82, 2.24) is 4.98 Å². The predicted octanol–water partition coefficient (Wildman–Crippen LogP) is 1.93. The first-order chi connectivity index (χ1) is 8.36. The molecule has 6 heteroatoms. The van der Waals surface area contributed by atoms with Gasteiger partial charge in [0.25, 0.3) is 0 Å². The number of ether oxygens (including phenoxy) is 2. The zero-order valence-electron chi connectivity index (χ0n) is 8.88. The fourth-order valence-electron chi connectivity index (χ4n) is 1.62. The van der Waals surface area contributed by atoms with E-state index in [1.54, 1.807) is 11.3 Å². The highest BCUT2D eigenvalue weighted by Gasteiger charge is 2.15. The summed E-state index contributed by atoms with van der Waals surface area (Å²) in [5.41, 5.74) is 1.83. The Hall–Kier alpha value is -1.63. The Morgan fingerprint density at radius 1 is 1.35 bits per heavy atom. The van der Waals surface area contributed by atoms with Gasteiger partial charge >= 0.3 is 0 Å². The molecule has 0 atom stereocenters. The van der Waals surface area contributed by atoms with E-state index < -0.39 is 0 Å². The second-order valence-electron chi connectivity index (χ2n) is 3.52. The standard InChI is InChI=1S/C11H10N2O3S/c12-16-4-8-5-17-11(13-8)7-1-2-9-10(3-7)15-6-14-9/h1-3,5H,4,6,12H2. The van der Waals surface area contributed by atoms with Crippen LogP contribution in [-0.2, 0) is 11.4 Å². The van der Waals surface area contributed by atoms with E-state index in [-0.39, 0.29) is 6.79 Å². The molecule has 2 N–H and O–H groups in total. The van der Waals surface area contributed by atoms with Gasteiger partial charge in [0.05, 0.1) is 5.69 Å². The molecule has 1 aliphatic heterocycles. The fourth-order valence-corrected chi connectivity index (χ4v) is 2.42. The Balaban J connectivity index is 1.92. The molecule has 0 saturated heterocycles. The van der Waals surface area contributed by atoms with Gasteiger partial charge in [-0.1, -0.05) is 0 Å². The summed E-state index contributed by atoms with van der Waals surface area (Å²) in [6.45, 7) is 0.601. The van der Waals surface area contributed by atoms with Crippen LogP contribution in [-0.4, -0.2) is 11.8 Å². The maximum Gasteiger partial charge on any atom is 0.231 e. The molecule has 5 nitrogen and oxygen atoms in total. The van der Waals surface area contributed by atoms with Gasteiger partial charge in [0.2, 0.25) is 6.79 Å². The summed E-state index contributed by atoms with van der Waals surface area (Å²) >= 11 is 1.55. The molecule has 0 aliphatic carbocycles. The van der Waals surface area contributed by atoms with Crippen molar-refractivity contribution in [3.05, 3.63) is 29.3 Å². The number of aromatic nitrogens is 1. The van der Waals surface area contributed by atoms with E-state index >= 15 is 0 Å². The van der Waals surface area contributed by atoms with E-state index in [9.17, 15) is 0 Å². The lowest BCUT2D eigenvalue weighted by atomic mass is 10.2. The normalized spacial score (nSPS) is 13.0. The molecule has 2 heterocycles. The average molecular weight is 250 g/mol. The van der Waals surface area contributed by atoms with Crippen LogP contribution >= 0.6 is 11.3 Å². The van der Waals surface area contributed by atoms with Crippen LogP contribution in [0.15, 0.2) is 23.6 Å². The minimum atomic E-state index is 0.281. The van der Waals surface area contributed by atoms with Gasteiger partial charge < -0.3 is 9.47 Å². The molecule has 0 radical (unpaired) electrons. The number of nitrogens with zero attached hydrogens (tertiary/aromatic N) is 1. The highest BCUT2D eigenvalue weighted by molar-refractivity contribution is 7.13. The lowest BCUT2D eigenvalue weighted by molar-refractivity contribution is 0.122. The van der Waals surface area contributed by atoms with E-state index in [0.29, 0.717) is 6.61 Å². The molecule has 0 saturated carbocycles. The molecule has 0 bridgehead atoms. The first kappa shape index (κ1) is 10.5. The Labute approximate surface area is 102 Å². The summed E-state index contributed by atoms with van der Waals surface area (Å²) in [6, 6.07) is 5.77. The lowest BCUT2D eigenvalue weighted by Gasteiger charge is -1.99. The number of thiazole rings is 1. The van der Waals surface area contributed by atoms with Gasteiger partial charge in [-0.25, -0.2) is 10.9 Å². The van der Waals surface area contributed by atoms with E-state index in [1.807, 2.05) is 23.6 Å². The minimum absolute atomic E-state index is 0.281. The van der Waals surface area contributed by atoms with Gasteiger partial charge in [0, 0.05) is 10.9 Å². The van der Waals surface area contributed by atoms with Crippen molar-refractivity contribution < 1.29 is 14.3 Å². The van der Waals surface area contributed by atoms with E-state index in [0.717, 1.165) is 27.8 Å². The molecular weight excluding hydrogens is 240 g/mol. The number of fused-ring (bicyclic) bond motifs is 1. The third-order valence-corrected chi connectivity index (χ3v) is 3.34. The van der Waals surface area contributed by atoms with Crippen molar-refractivity contribution >= 4 is 11.3 Å². The number of nitrogens with two attached hydrogens (primary N) is 1. The van der Waals surface area contributed by atoms with Crippen molar-refractivity contribution in [3.63, 3.8) is 0 Å². The molecule has 0 fully saturated rings. The molecule has 1 aromatic carbocycles. The number of benzene rings is 1. The van der Waals surface area contributed by atoms with Crippen molar-refractivity contribution in [1.29, 1.82) is 0 Å². The summed E-state index contributed by atoms with van der Waals surface area (Å²) in [5, 5.41) is 2.84. The molecular formula is C11H10N2O3S. The maximum absolute atomic E-state index is 5.32. The van der Waals surface area contributed by atoms with Crippen LogP contribution in [0.5, 0.6) is 11.5 Å². The topological polar surface area (TPSA) is 66.6 Å². The van der Waals surface area contributed by atoms with Crippen LogP contribution in [0.4, 0.5) is 0 Å². The van der Waals surface area contributed by atoms with Crippen molar-refractivity contribution in [2.75, 3.05) is 6.79 Å². The van der Waals surface area contributed by atoms with Crippen molar-refractivity contribution in [2.45, 2.75) is 6.61 Å².